The van der Waals surface area contributed by atoms with E-state index < -0.39 is 0 Å². The van der Waals surface area contributed by atoms with E-state index in [0.29, 0.717) is 11.6 Å². The van der Waals surface area contributed by atoms with Crippen LogP contribution in [0.15, 0.2) is 29.8 Å². The van der Waals surface area contributed by atoms with Crippen LogP contribution in [0.1, 0.15) is 25.1 Å². The maximum Gasteiger partial charge on any atom is 0.194 e. The Hall–Kier alpha value is -1.36. The maximum atomic E-state index is 9.19. The SMILES string of the molecule is CC(C)Cc1cn(-c2nc(CO)cs2)c2cc(Cl)ccc12. The lowest BCUT2D eigenvalue weighted by molar-refractivity contribution is 0.277. The van der Waals surface area contributed by atoms with Gasteiger partial charge in [0.05, 0.1) is 17.8 Å². The zero-order chi connectivity index (χ0) is 15.0. The molecule has 0 aliphatic rings. The van der Waals surface area contributed by atoms with Gasteiger partial charge in [-0.3, -0.25) is 4.57 Å². The van der Waals surface area contributed by atoms with E-state index in [9.17, 15) is 5.11 Å². The van der Waals surface area contributed by atoms with Crippen molar-refractivity contribution in [1.29, 1.82) is 0 Å². The number of thiazole rings is 1. The molecule has 0 saturated heterocycles. The van der Waals surface area contributed by atoms with Gasteiger partial charge in [-0.05, 0) is 30.0 Å². The molecule has 3 nitrogen and oxygen atoms in total. The third kappa shape index (κ3) is 2.84. The van der Waals surface area contributed by atoms with Crippen molar-refractivity contribution in [2.45, 2.75) is 26.9 Å². The molecule has 0 aliphatic carbocycles. The molecular weight excluding hydrogens is 304 g/mol. The van der Waals surface area contributed by atoms with Crippen LogP contribution < -0.4 is 0 Å². The summed E-state index contributed by atoms with van der Waals surface area (Å²) >= 11 is 7.68. The lowest BCUT2D eigenvalue weighted by atomic mass is 10.0. The lowest BCUT2D eigenvalue weighted by Crippen LogP contribution is -1.94. The fourth-order valence-electron chi connectivity index (χ4n) is 2.51. The van der Waals surface area contributed by atoms with Crippen molar-refractivity contribution in [2.24, 2.45) is 5.92 Å². The molecule has 0 radical (unpaired) electrons. The molecule has 3 aromatic rings. The smallest absolute Gasteiger partial charge is 0.194 e. The number of aliphatic hydroxyl groups excluding tert-OH is 1. The Morgan fingerprint density at radius 3 is 2.86 bits per heavy atom. The van der Waals surface area contributed by atoms with Crippen LogP contribution in [0.3, 0.4) is 0 Å². The summed E-state index contributed by atoms with van der Waals surface area (Å²) in [6, 6.07) is 5.98. The van der Waals surface area contributed by atoms with Gasteiger partial charge >= 0.3 is 0 Å². The van der Waals surface area contributed by atoms with E-state index in [1.165, 1.54) is 22.3 Å². The summed E-state index contributed by atoms with van der Waals surface area (Å²) < 4.78 is 2.07. The standard InChI is InChI=1S/C16H17ClN2OS/c1-10(2)5-11-7-19(16-18-13(8-20)9-21-16)15-6-12(17)3-4-14(11)15/h3-4,6-7,9-10,20H,5,8H2,1-2H3. The van der Waals surface area contributed by atoms with Crippen molar-refractivity contribution >= 4 is 33.8 Å². The van der Waals surface area contributed by atoms with Gasteiger partial charge in [0.25, 0.3) is 0 Å². The fraction of sp³-hybridized carbons (Fsp3) is 0.312. The molecule has 0 spiro atoms. The number of rotatable bonds is 4. The van der Waals surface area contributed by atoms with Gasteiger partial charge in [0.2, 0.25) is 0 Å². The number of halogens is 1. The molecule has 5 heteroatoms. The van der Waals surface area contributed by atoms with Gasteiger partial charge in [0, 0.05) is 22.0 Å². The van der Waals surface area contributed by atoms with Crippen LogP contribution in [-0.2, 0) is 13.0 Å². The average molecular weight is 321 g/mol. The molecule has 0 atom stereocenters. The summed E-state index contributed by atoms with van der Waals surface area (Å²) in [4.78, 5) is 4.46. The van der Waals surface area contributed by atoms with E-state index in [1.807, 2.05) is 17.5 Å². The van der Waals surface area contributed by atoms with E-state index in [2.05, 4.69) is 35.7 Å². The van der Waals surface area contributed by atoms with Gasteiger partial charge in [-0.2, -0.15) is 0 Å². The molecule has 0 bridgehead atoms. The average Bonchev–Trinajstić information content (AvgIpc) is 3.03. The first-order valence-corrected chi connectivity index (χ1v) is 8.19. The third-order valence-electron chi connectivity index (χ3n) is 3.39. The normalized spacial score (nSPS) is 11.7. The molecular formula is C16H17ClN2OS. The van der Waals surface area contributed by atoms with Gasteiger partial charge in [-0.15, -0.1) is 11.3 Å². The van der Waals surface area contributed by atoms with E-state index in [-0.39, 0.29) is 6.61 Å². The summed E-state index contributed by atoms with van der Waals surface area (Å²) in [7, 11) is 0. The Bertz CT molecular complexity index is 776. The minimum absolute atomic E-state index is 0.0324. The van der Waals surface area contributed by atoms with Gasteiger partial charge in [-0.1, -0.05) is 31.5 Å². The molecule has 0 fully saturated rings. The van der Waals surface area contributed by atoms with Crippen molar-refractivity contribution in [3.63, 3.8) is 0 Å². The number of aliphatic hydroxyl groups is 1. The highest BCUT2D eigenvalue weighted by molar-refractivity contribution is 7.12. The van der Waals surface area contributed by atoms with Gasteiger partial charge < -0.3 is 5.11 Å². The van der Waals surface area contributed by atoms with E-state index in [4.69, 9.17) is 11.6 Å². The van der Waals surface area contributed by atoms with Crippen LogP contribution in [0, 0.1) is 5.92 Å². The zero-order valence-corrected chi connectivity index (χ0v) is 13.6. The highest BCUT2D eigenvalue weighted by atomic mass is 35.5. The molecule has 2 heterocycles. The Morgan fingerprint density at radius 2 is 2.19 bits per heavy atom. The van der Waals surface area contributed by atoms with Crippen molar-refractivity contribution in [1.82, 2.24) is 9.55 Å². The largest absolute Gasteiger partial charge is 0.390 e. The molecule has 0 unspecified atom stereocenters. The first kappa shape index (κ1) is 14.6. The third-order valence-corrected chi connectivity index (χ3v) is 4.51. The summed E-state index contributed by atoms with van der Waals surface area (Å²) in [5.41, 5.74) is 3.07. The fourth-order valence-corrected chi connectivity index (χ4v) is 3.48. The van der Waals surface area contributed by atoms with Crippen LogP contribution in [-0.4, -0.2) is 14.7 Å². The minimum Gasteiger partial charge on any atom is -0.390 e. The number of benzene rings is 1. The minimum atomic E-state index is -0.0324. The maximum absolute atomic E-state index is 9.19. The zero-order valence-electron chi connectivity index (χ0n) is 12.0. The second-order valence-corrected chi connectivity index (χ2v) is 6.84. The Labute approximate surface area is 132 Å². The summed E-state index contributed by atoms with van der Waals surface area (Å²) in [6.45, 7) is 4.40. The van der Waals surface area contributed by atoms with Gasteiger partial charge in [0.1, 0.15) is 0 Å². The highest BCUT2D eigenvalue weighted by Crippen LogP contribution is 2.30. The van der Waals surface area contributed by atoms with Crippen molar-refractivity contribution in [2.75, 3.05) is 0 Å². The summed E-state index contributed by atoms with van der Waals surface area (Å²) in [5.74, 6) is 0.587. The molecule has 1 aromatic carbocycles. The van der Waals surface area contributed by atoms with Gasteiger partial charge in [0.15, 0.2) is 5.13 Å². The predicted molar refractivity (Wildman–Crippen MR) is 88.4 cm³/mol. The van der Waals surface area contributed by atoms with E-state index in [0.717, 1.165) is 22.1 Å². The van der Waals surface area contributed by atoms with E-state index >= 15 is 0 Å². The summed E-state index contributed by atoms with van der Waals surface area (Å²) in [5, 5.41) is 13.9. The number of hydrogen-bond donors (Lipinski definition) is 1. The molecule has 2 aromatic heterocycles. The first-order chi connectivity index (χ1) is 10.1. The van der Waals surface area contributed by atoms with Crippen molar-refractivity contribution in [3.05, 3.63) is 46.1 Å². The van der Waals surface area contributed by atoms with Crippen LogP contribution in [0.5, 0.6) is 0 Å². The highest BCUT2D eigenvalue weighted by Gasteiger charge is 2.13. The predicted octanol–water partition coefficient (Wildman–Crippen LogP) is 4.43. The number of nitrogens with zero attached hydrogens (tertiary/aromatic N) is 2. The lowest BCUT2D eigenvalue weighted by Gasteiger charge is -2.02. The molecule has 110 valence electrons. The Kier molecular flexibility index (Phi) is 4.02. The van der Waals surface area contributed by atoms with Crippen LogP contribution in [0.2, 0.25) is 5.02 Å². The van der Waals surface area contributed by atoms with Crippen LogP contribution >= 0.6 is 22.9 Å². The number of hydrogen-bond acceptors (Lipinski definition) is 3. The second kappa shape index (κ2) is 5.79. The second-order valence-electron chi connectivity index (χ2n) is 5.56. The van der Waals surface area contributed by atoms with Crippen LogP contribution in [0.4, 0.5) is 0 Å². The molecule has 1 N–H and O–H groups in total. The molecule has 0 saturated carbocycles. The summed E-state index contributed by atoms with van der Waals surface area (Å²) in [6.07, 6.45) is 3.16. The monoisotopic (exact) mass is 320 g/mol. The van der Waals surface area contributed by atoms with Gasteiger partial charge in [-0.25, -0.2) is 4.98 Å². The van der Waals surface area contributed by atoms with Crippen molar-refractivity contribution < 1.29 is 5.11 Å². The molecule has 21 heavy (non-hydrogen) atoms. The quantitative estimate of drug-likeness (QED) is 0.772. The Morgan fingerprint density at radius 1 is 1.38 bits per heavy atom. The Balaban J connectivity index is 2.18. The molecule has 0 aliphatic heterocycles. The molecule has 0 amide bonds. The molecule has 3 rings (SSSR count). The number of aromatic nitrogens is 2. The topological polar surface area (TPSA) is 38.0 Å². The first-order valence-electron chi connectivity index (χ1n) is 6.93. The van der Waals surface area contributed by atoms with Crippen molar-refractivity contribution in [3.8, 4) is 5.13 Å². The van der Waals surface area contributed by atoms with Crippen LogP contribution in [0.25, 0.3) is 16.0 Å². The number of fused-ring (bicyclic) bond motifs is 1. The van der Waals surface area contributed by atoms with E-state index in [1.54, 1.807) is 0 Å².